The second kappa shape index (κ2) is 6.58. The monoisotopic (exact) mass is 321 g/mol. The summed E-state index contributed by atoms with van der Waals surface area (Å²) < 4.78 is 10.6. The van der Waals surface area contributed by atoms with Gasteiger partial charge in [-0.3, -0.25) is 0 Å². The van der Waals surface area contributed by atoms with Crippen molar-refractivity contribution in [3.63, 3.8) is 0 Å². The van der Waals surface area contributed by atoms with Gasteiger partial charge in [0.2, 0.25) is 5.82 Å². The van der Waals surface area contributed by atoms with E-state index in [2.05, 4.69) is 10.1 Å². The van der Waals surface area contributed by atoms with Gasteiger partial charge in [0.25, 0.3) is 5.89 Å². The maximum Gasteiger partial charge on any atom is 0.253 e. The Bertz CT molecular complexity index is 860. The van der Waals surface area contributed by atoms with Crippen molar-refractivity contribution in [2.45, 2.75) is 13.8 Å². The van der Waals surface area contributed by atoms with E-state index in [1.54, 1.807) is 13.2 Å². The number of ether oxygens (including phenoxy) is 1. The van der Waals surface area contributed by atoms with Crippen LogP contribution in [0.15, 0.2) is 47.0 Å². The highest BCUT2D eigenvalue weighted by atomic mass is 16.5. The van der Waals surface area contributed by atoms with Gasteiger partial charge in [0, 0.05) is 17.3 Å². The lowest BCUT2D eigenvalue weighted by molar-refractivity contribution is 0.410. The summed E-state index contributed by atoms with van der Waals surface area (Å²) in [5.74, 6) is 1.73. The molecule has 122 valence electrons. The molecule has 0 atom stereocenters. The van der Waals surface area contributed by atoms with Gasteiger partial charge in [-0.2, -0.15) is 4.98 Å². The number of benzene rings is 2. The molecule has 0 saturated heterocycles. The van der Waals surface area contributed by atoms with Gasteiger partial charge < -0.3 is 15.0 Å². The molecular weight excluding hydrogens is 302 g/mol. The van der Waals surface area contributed by atoms with Gasteiger partial charge in [0.15, 0.2) is 0 Å². The first-order chi connectivity index (χ1) is 11.6. The first kappa shape index (κ1) is 15.8. The highest BCUT2D eigenvalue weighted by molar-refractivity contribution is 5.77. The van der Waals surface area contributed by atoms with Crippen molar-refractivity contribution in [3.05, 3.63) is 65.0 Å². The molecule has 0 unspecified atom stereocenters. The Labute approximate surface area is 140 Å². The number of hydrogen-bond acceptors (Lipinski definition) is 5. The molecule has 0 bridgehead atoms. The average molecular weight is 321 g/mol. The van der Waals surface area contributed by atoms with Crippen molar-refractivity contribution in [1.82, 2.24) is 10.1 Å². The Morgan fingerprint density at radius 1 is 1.12 bits per heavy atom. The number of methoxy groups -OCH3 is 1. The van der Waals surface area contributed by atoms with Crippen molar-refractivity contribution in [2.24, 2.45) is 5.73 Å². The lowest BCUT2D eigenvalue weighted by Crippen LogP contribution is -1.95. The van der Waals surface area contributed by atoms with Gasteiger partial charge in [0.1, 0.15) is 5.75 Å². The molecule has 3 aromatic rings. The van der Waals surface area contributed by atoms with Crippen molar-refractivity contribution in [3.8, 4) is 17.1 Å². The molecule has 5 nitrogen and oxygen atoms in total. The Morgan fingerprint density at radius 2 is 1.79 bits per heavy atom. The number of hydrogen-bond donors (Lipinski definition) is 1. The predicted octanol–water partition coefficient (Wildman–Crippen LogP) is 3.82. The van der Waals surface area contributed by atoms with E-state index in [9.17, 15) is 0 Å². The Morgan fingerprint density at radius 3 is 2.42 bits per heavy atom. The van der Waals surface area contributed by atoms with Crippen molar-refractivity contribution >= 4 is 11.8 Å². The van der Waals surface area contributed by atoms with E-state index < -0.39 is 0 Å². The molecular formula is C19H19N3O2. The summed E-state index contributed by atoms with van der Waals surface area (Å²) in [5.41, 5.74) is 10.6. The fourth-order valence-electron chi connectivity index (χ4n) is 2.64. The topological polar surface area (TPSA) is 74.2 Å². The zero-order valence-corrected chi connectivity index (χ0v) is 13.9. The second-order valence-electron chi connectivity index (χ2n) is 5.56. The fraction of sp³-hybridized carbons (Fsp3) is 0.158. The first-order valence-corrected chi connectivity index (χ1v) is 7.60. The zero-order valence-electron chi connectivity index (χ0n) is 13.9. The quantitative estimate of drug-likeness (QED) is 0.790. The summed E-state index contributed by atoms with van der Waals surface area (Å²) in [4.78, 5) is 4.45. The van der Waals surface area contributed by atoms with E-state index in [0.29, 0.717) is 17.4 Å². The van der Waals surface area contributed by atoms with Gasteiger partial charge in [0.05, 0.1) is 7.11 Å². The minimum Gasteiger partial charge on any atom is -0.497 e. The highest BCUT2D eigenvalue weighted by Crippen LogP contribution is 2.29. The fourth-order valence-corrected chi connectivity index (χ4v) is 2.64. The van der Waals surface area contributed by atoms with E-state index in [1.807, 2.05) is 56.3 Å². The van der Waals surface area contributed by atoms with Crippen LogP contribution < -0.4 is 10.5 Å². The highest BCUT2D eigenvalue weighted by Gasteiger charge is 2.14. The summed E-state index contributed by atoms with van der Waals surface area (Å²) in [6.07, 6.45) is 1.68. The van der Waals surface area contributed by atoms with Crippen LogP contribution in [0.25, 0.3) is 23.2 Å². The molecule has 0 saturated carbocycles. The molecule has 0 aliphatic carbocycles. The molecule has 0 aliphatic heterocycles. The molecule has 2 aromatic carbocycles. The van der Waals surface area contributed by atoms with Crippen molar-refractivity contribution in [2.75, 3.05) is 7.11 Å². The van der Waals surface area contributed by atoms with Crippen LogP contribution >= 0.6 is 0 Å². The molecule has 0 radical (unpaired) electrons. The third-order valence-corrected chi connectivity index (χ3v) is 3.79. The summed E-state index contributed by atoms with van der Waals surface area (Å²) in [6.45, 7) is 3.99. The maximum absolute atomic E-state index is 6.09. The zero-order chi connectivity index (χ0) is 17.1. The van der Waals surface area contributed by atoms with E-state index in [4.69, 9.17) is 15.0 Å². The van der Waals surface area contributed by atoms with Crippen LogP contribution in [0.2, 0.25) is 0 Å². The Hall–Kier alpha value is -3.08. The number of aromatic nitrogens is 2. The normalized spacial score (nSPS) is 11.5. The molecule has 3 rings (SSSR count). The largest absolute Gasteiger partial charge is 0.497 e. The SMILES string of the molecule is COc1cc(C)c(-c2noc(/C=C(\N)c3ccccc3)n2)c(C)c1. The molecule has 24 heavy (non-hydrogen) atoms. The molecule has 0 fully saturated rings. The van der Waals surface area contributed by atoms with Crippen LogP contribution in [-0.4, -0.2) is 17.3 Å². The molecule has 0 amide bonds. The molecule has 5 heteroatoms. The molecule has 0 spiro atoms. The standard InChI is InChI=1S/C19H19N3O2/c1-12-9-15(23-3)10-13(2)18(12)19-21-17(24-22-19)11-16(20)14-7-5-4-6-8-14/h4-11H,20H2,1-3H3/b16-11-. The van der Waals surface area contributed by atoms with E-state index in [-0.39, 0.29) is 0 Å². The van der Waals surface area contributed by atoms with Crippen LogP contribution in [-0.2, 0) is 0 Å². The maximum atomic E-state index is 6.09. The number of nitrogens with zero attached hydrogens (tertiary/aromatic N) is 2. The minimum atomic E-state index is 0.376. The smallest absolute Gasteiger partial charge is 0.253 e. The van der Waals surface area contributed by atoms with E-state index >= 15 is 0 Å². The average Bonchev–Trinajstić information content (AvgIpc) is 3.02. The van der Waals surface area contributed by atoms with E-state index in [0.717, 1.165) is 28.0 Å². The summed E-state index contributed by atoms with van der Waals surface area (Å²) in [6, 6.07) is 13.6. The molecule has 1 aromatic heterocycles. The van der Waals surface area contributed by atoms with Gasteiger partial charge in [-0.05, 0) is 42.7 Å². The summed E-state index contributed by atoms with van der Waals surface area (Å²) >= 11 is 0. The molecule has 0 aliphatic rings. The second-order valence-corrected chi connectivity index (χ2v) is 5.56. The summed E-state index contributed by atoms with van der Waals surface area (Å²) in [5, 5.41) is 4.08. The van der Waals surface area contributed by atoms with Crippen LogP contribution in [0, 0.1) is 13.8 Å². The lowest BCUT2D eigenvalue weighted by atomic mass is 10.0. The predicted molar refractivity (Wildman–Crippen MR) is 94.3 cm³/mol. The van der Waals surface area contributed by atoms with Gasteiger partial charge in [-0.15, -0.1) is 0 Å². The first-order valence-electron chi connectivity index (χ1n) is 7.60. The third kappa shape index (κ3) is 3.15. The number of aryl methyl sites for hydroxylation is 2. The van der Waals surface area contributed by atoms with Crippen LogP contribution in [0.3, 0.4) is 0 Å². The van der Waals surface area contributed by atoms with Crippen LogP contribution in [0.1, 0.15) is 22.6 Å². The lowest BCUT2D eigenvalue weighted by Gasteiger charge is -2.08. The van der Waals surface area contributed by atoms with Gasteiger partial charge in [-0.25, -0.2) is 0 Å². The van der Waals surface area contributed by atoms with Crippen LogP contribution in [0.5, 0.6) is 5.75 Å². The van der Waals surface area contributed by atoms with Gasteiger partial charge >= 0.3 is 0 Å². The Balaban J connectivity index is 1.95. The number of rotatable bonds is 4. The third-order valence-electron chi connectivity index (χ3n) is 3.79. The van der Waals surface area contributed by atoms with Gasteiger partial charge in [-0.1, -0.05) is 35.5 Å². The minimum absolute atomic E-state index is 0.376. The number of nitrogens with two attached hydrogens (primary N) is 1. The molecule has 1 heterocycles. The van der Waals surface area contributed by atoms with E-state index in [1.165, 1.54) is 0 Å². The summed E-state index contributed by atoms with van der Waals surface area (Å²) in [7, 11) is 1.65. The van der Waals surface area contributed by atoms with Crippen LogP contribution in [0.4, 0.5) is 0 Å². The van der Waals surface area contributed by atoms with Crippen molar-refractivity contribution < 1.29 is 9.26 Å². The van der Waals surface area contributed by atoms with Crippen molar-refractivity contribution in [1.29, 1.82) is 0 Å². The molecule has 2 N–H and O–H groups in total. The Kier molecular flexibility index (Phi) is 4.33.